The molecule has 16 heavy (non-hydrogen) atoms. The van der Waals surface area contributed by atoms with Crippen molar-refractivity contribution in [3.63, 3.8) is 0 Å². The topological polar surface area (TPSA) is 70.2 Å². The Labute approximate surface area is 93.4 Å². The Morgan fingerprint density at radius 3 is 3.31 bits per heavy atom. The quantitative estimate of drug-likeness (QED) is 0.735. The highest BCUT2D eigenvalue weighted by Crippen LogP contribution is 2.20. The summed E-state index contributed by atoms with van der Waals surface area (Å²) in [6.07, 6.45) is 3.43. The van der Waals surface area contributed by atoms with Gasteiger partial charge in [-0.2, -0.15) is 4.98 Å². The van der Waals surface area contributed by atoms with E-state index < -0.39 is 0 Å². The first-order valence-corrected chi connectivity index (χ1v) is 4.94. The summed E-state index contributed by atoms with van der Waals surface area (Å²) in [7, 11) is 1.68. The molecule has 0 fully saturated rings. The molecule has 0 bridgehead atoms. The highest BCUT2D eigenvalue weighted by atomic mass is 16.2. The van der Waals surface area contributed by atoms with Crippen LogP contribution in [-0.2, 0) is 6.54 Å². The number of nitrogens with one attached hydrogen (secondary N) is 2. The van der Waals surface area contributed by atoms with E-state index >= 15 is 0 Å². The SMILES string of the molecule is C=CCNc1ncc2c(n1)N(C)C(=O)NC2. The molecule has 1 aromatic heterocycles. The monoisotopic (exact) mass is 219 g/mol. The van der Waals surface area contributed by atoms with Crippen molar-refractivity contribution in [3.8, 4) is 0 Å². The fourth-order valence-electron chi connectivity index (χ4n) is 1.45. The Balaban J connectivity index is 2.29. The van der Waals surface area contributed by atoms with Gasteiger partial charge in [-0.25, -0.2) is 9.78 Å². The van der Waals surface area contributed by atoms with Gasteiger partial charge in [-0.05, 0) is 0 Å². The lowest BCUT2D eigenvalue weighted by Crippen LogP contribution is -2.42. The van der Waals surface area contributed by atoms with Crippen molar-refractivity contribution >= 4 is 17.8 Å². The first kappa shape index (κ1) is 10.4. The van der Waals surface area contributed by atoms with Crippen LogP contribution >= 0.6 is 0 Å². The second-order valence-corrected chi connectivity index (χ2v) is 3.43. The molecule has 1 aromatic rings. The number of aromatic nitrogens is 2. The van der Waals surface area contributed by atoms with Crippen LogP contribution in [0, 0.1) is 0 Å². The number of amides is 2. The van der Waals surface area contributed by atoms with Gasteiger partial charge in [0.2, 0.25) is 5.95 Å². The summed E-state index contributed by atoms with van der Waals surface area (Å²) in [5.41, 5.74) is 0.909. The number of hydrogen-bond donors (Lipinski definition) is 2. The van der Waals surface area contributed by atoms with Crippen molar-refractivity contribution < 1.29 is 4.79 Å². The molecule has 6 heteroatoms. The second kappa shape index (κ2) is 4.18. The normalized spacial score (nSPS) is 14.1. The minimum atomic E-state index is -0.152. The van der Waals surface area contributed by atoms with E-state index in [1.807, 2.05) is 0 Å². The summed E-state index contributed by atoms with van der Waals surface area (Å²) < 4.78 is 0. The number of rotatable bonds is 3. The van der Waals surface area contributed by atoms with Gasteiger partial charge in [-0.1, -0.05) is 6.08 Å². The van der Waals surface area contributed by atoms with Crippen LogP contribution < -0.4 is 15.5 Å². The molecule has 0 atom stereocenters. The highest BCUT2D eigenvalue weighted by molar-refractivity contribution is 5.93. The zero-order valence-electron chi connectivity index (χ0n) is 9.03. The van der Waals surface area contributed by atoms with Gasteiger partial charge in [0.25, 0.3) is 0 Å². The molecule has 0 radical (unpaired) electrons. The summed E-state index contributed by atoms with van der Waals surface area (Å²) in [4.78, 5) is 21.3. The third kappa shape index (κ3) is 1.81. The predicted molar refractivity (Wildman–Crippen MR) is 61.4 cm³/mol. The maximum atomic E-state index is 11.4. The van der Waals surface area contributed by atoms with E-state index in [0.29, 0.717) is 24.9 Å². The maximum Gasteiger partial charge on any atom is 0.323 e. The molecule has 0 saturated heterocycles. The van der Waals surface area contributed by atoms with Crippen molar-refractivity contribution in [2.24, 2.45) is 0 Å². The average Bonchev–Trinajstić information content (AvgIpc) is 2.31. The van der Waals surface area contributed by atoms with E-state index in [1.54, 1.807) is 19.3 Å². The molecule has 2 amide bonds. The molecule has 2 N–H and O–H groups in total. The van der Waals surface area contributed by atoms with Crippen molar-refractivity contribution in [1.29, 1.82) is 0 Å². The summed E-state index contributed by atoms with van der Waals surface area (Å²) in [6, 6.07) is -0.152. The van der Waals surface area contributed by atoms with Crippen LogP contribution in [0.4, 0.5) is 16.6 Å². The Hall–Kier alpha value is -2.11. The minimum absolute atomic E-state index is 0.152. The molecular weight excluding hydrogens is 206 g/mol. The molecule has 2 rings (SSSR count). The van der Waals surface area contributed by atoms with Crippen LogP contribution in [-0.4, -0.2) is 29.6 Å². The van der Waals surface area contributed by atoms with Gasteiger partial charge >= 0.3 is 6.03 Å². The number of fused-ring (bicyclic) bond motifs is 1. The van der Waals surface area contributed by atoms with Gasteiger partial charge in [0.15, 0.2) is 0 Å². The van der Waals surface area contributed by atoms with Gasteiger partial charge in [-0.3, -0.25) is 4.90 Å². The predicted octanol–water partition coefficient (Wildman–Crippen LogP) is 0.734. The maximum absolute atomic E-state index is 11.4. The number of nitrogens with zero attached hydrogens (tertiary/aromatic N) is 3. The van der Waals surface area contributed by atoms with Crippen LogP contribution in [0.25, 0.3) is 0 Å². The van der Waals surface area contributed by atoms with E-state index in [1.165, 1.54) is 4.90 Å². The lowest BCUT2D eigenvalue weighted by Gasteiger charge is -2.25. The van der Waals surface area contributed by atoms with Gasteiger partial charge in [0, 0.05) is 31.9 Å². The minimum Gasteiger partial charge on any atom is -0.351 e. The Kier molecular flexibility index (Phi) is 2.72. The first-order valence-electron chi connectivity index (χ1n) is 4.94. The van der Waals surface area contributed by atoms with E-state index in [0.717, 1.165) is 5.56 Å². The Morgan fingerprint density at radius 2 is 2.56 bits per heavy atom. The number of carbonyl (C=O) groups excluding carboxylic acids is 1. The number of hydrogen-bond acceptors (Lipinski definition) is 4. The molecule has 1 aliphatic heterocycles. The zero-order valence-corrected chi connectivity index (χ0v) is 9.03. The summed E-state index contributed by atoms with van der Waals surface area (Å²) in [6.45, 7) is 4.66. The molecule has 0 aliphatic carbocycles. The fraction of sp³-hybridized carbons (Fsp3) is 0.300. The second-order valence-electron chi connectivity index (χ2n) is 3.43. The lowest BCUT2D eigenvalue weighted by atomic mass is 10.2. The fourth-order valence-corrected chi connectivity index (χ4v) is 1.45. The molecule has 84 valence electrons. The number of carbonyl (C=O) groups is 1. The van der Waals surface area contributed by atoms with Crippen molar-refractivity contribution in [3.05, 3.63) is 24.4 Å². The van der Waals surface area contributed by atoms with Crippen LogP contribution in [0.5, 0.6) is 0 Å². The molecule has 0 saturated carbocycles. The van der Waals surface area contributed by atoms with Gasteiger partial charge in [0.1, 0.15) is 5.82 Å². The molecule has 6 nitrogen and oxygen atoms in total. The van der Waals surface area contributed by atoms with Crippen LogP contribution in [0.3, 0.4) is 0 Å². The number of anilines is 2. The average molecular weight is 219 g/mol. The van der Waals surface area contributed by atoms with E-state index in [-0.39, 0.29) is 6.03 Å². The smallest absolute Gasteiger partial charge is 0.323 e. The molecule has 0 aromatic carbocycles. The standard InChI is InChI=1S/C10H13N5O/c1-3-4-11-9-12-5-7-6-13-10(16)15(2)8(7)14-9/h3,5H,1,4,6H2,2H3,(H,13,16)(H,11,12,14). The summed E-state index contributed by atoms with van der Waals surface area (Å²) in [5, 5.41) is 5.70. The highest BCUT2D eigenvalue weighted by Gasteiger charge is 2.22. The van der Waals surface area contributed by atoms with Crippen molar-refractivity contribution in [2.45, 2.75) is 6.54 Å². The lowest BCUT2D eigenvalue weighted by molar-refractivity contribution is 0.245. The Bertz CT molecular complexity index is 431. The third-order valence-corrected chi connectivity index (χ3v) is 2.30. The van der Waals surface area contributed by atoms with Crippen LogP contribution in [0.15, 0.2) is 18.9 Å². The van der Waals surface area contributed by atoms with Crippen molar-refractivity contribution in [2.75, 3.05) is 23.8 Å². The summed E-state index contributed by atoms with van der Waals surface area (Å²) in [5.74, 6) is 1.14. The molecule has 0 unspecified atom stereocenters. The third-order valence-electron chi connectivity index (χ3n) is 2.30. The zero-order chi connectivity index (χ0) is 11.5. The van der Waals surface area contributed by atoms with E-state index in [4.69, 9.17) is 0 Å². The van der Waals surface area contributed by atoms with E-state index in [9.17, 15) is 4.79 Å². The van der Waals surface area contributed by atoms with Crippen LogP contribution in [0.1, 0.15) is 5.56 Å². The van der Waals surface area contributed by atoms with Gasteiger partial charge in [-0.15, -0.1) is 6.58 Å². The summed E-state index contributed by atoms with van der Waals surface area (Å²) >= 11 is 0. The molecule has 1 aliphatic rings. The largest absolute Gasteiger partial charge is 0.351 e. The van der Waals surface area contributed by atoms with Gasteiger partial charge < -0.3 is 10.6 Å². The molecule has 0 spiro atoms. The Morgan fingerprint density at radius 1 is 1.75 bits per heavy atom. The van der Waals surface area contributed by atoms with Crippen molar-refractivity contribution in [1.82, 2.24) is 15.3 Å². The molecule has 2 heterocycles. The number of urea groups is 1. The van der Waals surface area contributed by atoms with Crippen LogP contribution in [0.2, 0.25) is 0 Å². The van der Waals surface area contributed by atoms with E-state index in [2.05, 4.69) is 27.2 Å². The first-order chi connectivity index (χ1) is 7.72. The van der Waals surface area contributed by atoms with Gasteiger partial charge in [0.05, 0.1) is 0 Å². The molecular formula is C10H13N5O.